The molecular formula is C18H29ClN2O2. The van der Waals surface area contributed by atoms with E-state index >= 15 is 0 Å². The van der Waals surface area contributed by atoms with E-state index < -0.39 is 0 Å². The molecule has 1 heterocycles. The highest BCUT2D eigenvalue weighted by atomic mass is 35.5. The molecule has 5 heteroatoms. The Labute approximate surface area is 145 Å². The number of hydrogen-bond acceptors (Lipinski definition) is 3. The molecule has 0 aromatic heterocycles. The Kier molecular flexibility index (Phi) is 7.36. The summed E-state index contributed by atoms with van der Waals surface area (Å²) >= 11 is 0. The molecule has 0 spiro atoms. The number of rotatable bonds is 7. The first-order chi connectivity index (χ1) is 10.4. The third-order valence-corrected chi connectivity index (χ3v) is 4.08. The van der Waals surface area contributed by atoms with E-state index in [9.17, 15) is 4.79 Å². The van der Waals surface area contributed by atoms with Crippen molar-refractivity contribution in [3.05, 3.63) is 29.8 Å². The van der Waals surface area contributed by atoms with Crippen molar-refractivity contribution in [2.75, 3.05) is 26.2 Å². The predicted molar refractivity (Wildman–Crippen MR) is 96.4 cm³/mol. The standard InChI is InChI=1S/C18H28N2O2.ClH/c1-13(2)11-22-16-7-5-15(6-8-16)18(3,4)12-20-17(21)14-9-19-10-14;/h5-8,13-14,19H,9-12H2,1-4H3,(H,20,21);1H. The zero-order chi connectivity index (χ0) is 16.2. The van der Waals surface area contributed by atoms with Crippen molar-refractivity contribution in [1.29, 1.82) is 0 Å². The number of carbonyl (C=O) groups excluding carboxylic acids is 1. The van der Waals surface area contributed by atoms with Crippen LogP contribution in [0.5, 0.6) is 5.75 Å². The fraction of sp³-hybridized carbons (Fsp3) is 0.611. The topological polar surface area (TPSA) is 50.4 Å². The number of nitrogens with one attached hydrogen (secondary N) is 2. The molecule has 130 valence electrons. The zero-order valence-electron chi connectivity index (χ0n) is 14.5. The van der Waals surface area contributed by atoms with E-state index in [1.807, 2.05) is 12.1 Å². The first-order valence-corrected chi connectivity index (χ1v) is 8.10. The lowest BCUT2D eigenvalue weighted by atomic mass is 9.84. The van der Waals surface area contributed by atoms with Crippen LogP contribution in [0.2, 0.25) is 0 Å². The van der Waals surface area contributed by atoms with Crippen LogP contribution in [-0.4, -0.2) is 32.1 Å². The number of ether oxygens (including phenoxy) is 1. The summed E-state index contributed by atoms with van der Waals surface area (Å²) in [5, 5.41) is 6.19. The lowest BCUT2D eigenvalue weighted by molar-refractivity contribution is -0.126. The second-order valence-electron chi connectivity index (χ2n) is 7.19. The van der Waals surface area contributed by atoms with Crippen LogP contribution in [0.25, 0.3) is 0 Å². The lowest BCUT2D eigenvalue weighted by Gasteiger charge is -2.30. The third kappa shape index (κ3) is 5.70. The SMILES string of the molecule is CC(C)COc1ccc(C(C)(C)CNC(=O)C2CNC2)cc1.Cl. The number of carbonyl (C=O) groups is 1. The van der Waals surface area contributed by atoms with Gasteiger partial charge in [-0.05, 0) is 23.6 Å². The van der Waals surface area contributed by atoms with E-state index in [4.69, 9.17) is 4.74 Å². The van der Waals surface area contributed by atoms with Gasteiger partial charge in [-0.15, -0.1) is 12.4 Å². The highest BCUT2D eigenvalue weighted by Gasteiger charge is 2.27. The van der Waals surface area contributed by atoms with E-state index in [1.54, 1.807) is 0 Å². The van der Waals surface area contributed by atoms with Crippen molar-refractivity contribution in [3.63, 3.8) is 0 Å². The van der Waals surface area contributed by atoms with Crippen molar-refractivity contribution >= 4 is 18.3 Å². The fourth-order valence-electron chi connectivity index (χ4n) is 2.29. The molecule has 1 aromatic rings. The number of hydrogen-bond donors (Lipinski definition) is 2. The minimum absolute atomic E-state index is 0. The summed E-state index contributed by atoms with van der Waals surface area (Å²) in [6, 6.07) is 8.20. The molecule has 23 heavy (non-hydrogen) atoms. The summed E-state index contributed by atoms with van der Waals surface area (Å²) in [5.74, 6) is 1.72. The smallest absolute Gasteiger partial charge is 0.225 e. The Bertz CT molecular complexity index is 496. The van der Waals surface area contributed by atoms with E-state index in [1.165, 1.54) is 5.56 Å². The average Bonchev–Trinajstić information content (AvgIpc) is 2.42. The summed E-state index contributed by atoms with van der Waals surface area (Å²) in [6.45, 7) is 11.5. The van der Waals surface area contributed by atoms with Gasteiger partial charge in [0.1, 0.15) is 5.75 Å². The summed E-state index contributed by atoms with van der Waals surface area (Å²) in [6.07, 6.45) is 0. The Morgan fingerprint density at radius 2 is 1.91 bits per heavy atom. The summed E-state index contributed by atoms with van der Waals surface area (Å²) in [7, 11) is 0. The molecule has 1 aliphatic rings. The highest BCUT2D eigenvalue weighted by Crippen LogP contribution is 2.25. The van der Waals surface area contributed by atoms with Gasteiger partial charge in [-0.25, -0.2) is 0 Å². The monoisotopic (exact) mass is 340 g/mol. The van der Waals surface area contributed by atoms with Crippen molar-refractivity contribution in [1.82, 2.24) is 10.6 Å². The minimum atomic E-state index is -0.0938. The first kappa shape index (κ1) is 19.8. The second-order valence-corrected chi connectivity index (χ2v) is 7.19. The van der Waals surface area contributed by atoms with Gasteiger partial charge in [0.2, 0.25) is 5.91 Å². The molecule has 1 fully saturated rings. The molecule has 1 aliphatic heterocycles. The van der Waals surface area contributed by atoms with Crippen molar-refractivity contribution in [2.45, 2.75) is 33.1 Å². The zero-order valence-corrected chi connectivity index (χ0v) is 15.3. The molecule has 1 amide bonds. The minimum Gasteiger partial charge on any atom is -0.493 e. The van der Waals surface area contributed by atoms with Crippen LogP contribution in [0, 0.1) is 11.8 Å². The van der Waals surface area contributed by atoms with Gasteiger partial charge in [0.25, 0.3) is 0 Å². The Balaban J connectivity index is 0.00000264. The van der Waals surface area contributed by atoms with Gasteiger partial charge in [0.05, 0.1) is 12.5 Å². The van der Waals surface area contributed by atoms with Crippen LogP contribution in [0.3, 0.4) is 0 Å². The molecule has 2 N–H and O–H groups in total. The van der Waals surface area contributed by atoms with Crippen LogP contribution in [0.4, 0.5) is 0 Å². The van der Waals surface area contributed by atoms with Gasteiger partial charge in [0.15, 0.2) is 0 Å². The lowest BCUT2D eigenvalue weighted by Crippen LogP contribution is -2.52. The first-order valence-electron chi connectivity index (χ1n) is 8.10. The van der Waals surface area contributed by atoms with Gasteiger partial charge in [0, 0.05) is 25.0 Å². The maximum Gasteiger partial charge on any atom is 0.225 e. The number of amides is 1. The molecule has 0 saturated carbocycles. The maximum atomic E-state index is 11.9. The van der Waals surface area contributed by atoms with Crippen molar-refractivity contribution < 1.29 is 9.53 Å². The number of halogens is 1. The fourth-order valence-corrected chi connectivity index (χ4v) is 2.29. The molecule has 2 rings (SSSR count). The molecule has 1 aromatic carbocycles. The molecule has 1 saturated heterocycles. The molecule has 0 radical (unpaired) electrons. The summed E-state index contributed by atoms with van der Waals surface area (Å²) < 4.78 is 5.71. The second kappa shape index (κ2) is 8.55. The maximum absolute atomic E-state index is 11.9. The molecule has 4 nitrogen and oxygen atoms in total. The highest BCUT2D eigenvalue weighted by molar-refractivity contribution is 5.85. The predicted octanol–water partition coefficient (Wildman–Crippen LogP) is 2.76. The number of benzene rings is 1. The van der Waals surface area contributed by atoms with E-state index in [0.717, 1.165) is 25.4 Å². The summed E-state index contributed by atoms with van der Waals surface area (Å²) in [5.41, 5.74) is 1.11. The molecule has 0 unspecified atom stereocenters. The van der Waals surface area contributed by atoms with Crippen LogP contribution >= 0.6 is 12.4 Å². The van der Waals surface area contributed by atoms with Crippen molar-refractivity contribution in [2.24, 2.45) is 11.8 Å². The van der Waals surface area contributed by atoms with E-state index in [-0.39, 0.29) is 29.6 Å². The van der Waals surface area contributed by atoms with Crippen LogP contribution in [0.15, 0.2) is 24.3 Å². The molecule has 0 atom stereocenters. The van der Waals surface area contributed by atoms with Gasteiger partial charge >= 0.3 is 0 Å². The van der Waals surface area contributed by atoms with Crippen LogP contribution in [0.1, 0.15) is 33.3 Å². The quantitative estimate of drug-likeness (QED) is 0.802. The average molecular weight is 341 g/mol. The Morgan fingerprint density at radius 3 is 2.39 bits per heavy atom. The van der Waals surface area contributed by atoms with Gasteiger partial charge in [-0.2, -0.15) is 0 Å². The van der Waals surface area contributed by atoms with Crippen LogP contribution in [-0.2, 0) is 10.2 Å². The molecular weight excluding hydrogens is 312 g/mol. The molecule has 0 bridgehead atoms. The van der Waals surface area contributed by atoms with Gasteiger partial charge in [-0.1, -0.05) is 39.8 Å². The van der Waals surface area contributed by atoms with Crippen molar-refractivity contribution in [3.8, 4) is 5.75 Å². The van der Waals surface area contributed by atoms with Gasteiger partial charge < -0.3 is 15.4 Å². The Morgan fingerprint density at radius 1 is 1.30 bits per heavy atom. The largest absolute Gasteiger partial charge is 0.493 e. The Hall–Kier alpha value is -1.26. The van der Waals surface area contributed by atoms with E-state index in [2.05, 4.69) is 50.5 Å². The van der Waals surface area contributed by atoms with E-state index in [0.29, 0.717) is 12.5 Å². The summed E-state index contributed by atoms with van der Waals surface area (Å²) in [4.78, 5) is 11.9. The van der Waals surface area contributed by atoms with Crippen LogP contribution < -0.4 is 15.4 Å². The van der Waals surface area contributed by atoms with Gasteiger partial charge in [-0.3, -0.25) is 4.79 Å². The normalized spacial score (nSPS) is 14.8. The molecule has 0 aliphatic carbocycles. The third-order valence-electron chi connectivity index (χ3n) is 4.08.